The Labute approximate surface area is 376 Å². The number of hydrogen-bond donors (Lipinski definition) is 0. The molecular formula is C54H30N12. The SMILES string of the molecule is N#Cc1cccc(-c2ccc(-n3c4ccc(-c5ncccn5)cc4c4cc(-c5ncccn5)ccc43)c(C#N)c2-n2c3ccc(-c4ncccn4)cc3c3cc(-c4ncccn4)ccc32)c1. The molecule has 0 fully saturated rings. The number of fused-ring (bicyclic) bond motifs is 6. The maximum atomic E-state index is 11.7. The first-order chi connectivity index (χ1) is 32.6. The number of nitriles is 2. The van der Waals surface area contributed by atoms with E-state index >= 15 is 0 Å². The van der Waals surface area contributed by atoms with Crippen LogP contribution in [0.5, 0.6) is 0 Å². The van der Waals surface area contributed by atoms with E-state index in [9.17, 15) is 10.5 Å². The van der Waals surface area contributed by atoms with E-state index < -0.39 is 0 Å². The molecule has 0 aliphatic carbocycles. The molecule has 0 amide bonds. The summed E-state index contributed by atoms with van der Waals surface area (Å²) in [6, 6.07) is 48.4. The van der Waals surface area contributed by atoms with Gasteiger partial charge < -0.3 is 9.13 Å². The molecule has 0 bridgehead atoms. The van der Waals surface area contributed by atoms with Crippen molar-refractivity contribution < 1.29 is 0 Å². The molecule has 0 spiro atoms. The van der Waals surface area contributed by atoms with Crippen molar-refractivity contribution in [2.75, 3.05) is 0 Å². The molecule has 0 N–H and O–H groups in total. The average Bonchev–Trinajstić information content (AvgIpc) is 3.90. The zero-order valence-corrected chi connectivity index (χ0v) is 34.7. The standard InChI is InChI=1S/C54H30N12/c55-31-33-6-1-7-34(26-33)39-12-17-49(65-45-13-8-35(51-57-18-2-19-58-51)27-40(45)41-28-36(9-14-46(41)65)52-59-20-3-21-60-52)44(32-56)50(39)66-47-15-10-37(53-61-22-4-23-62-53)29-42(47)43-30-38(11-16-48(43)66)54-63-24-5-25-64-54/h1-30H. The first-order valence-corrected chi connectivity index (χ1v) is 21.0. The van der Waals surface area contributed by atoms with E-state index in [1.807, 2.05) is 54.6 Å². The summed E-state index contributed by atoms with van der Waals surface area (Å²) in [7, 11) is 0. The zero-order valence-electron chi connectivity index (χ0n) is 34.7. The Bertz CT molecular complexity index is 3750. The predicted octanol–water partition coefficient (Wildman–Crippen LogP) is 11.1. The van der Waals surface area contributed by atoms with Crippen LogP contribution in [0.1, 0.15) is 11.1 Å². The lowest BCUT2D eigenvalue weighted by Gasteiger charge is -2.20. The molecule has 66 heavy (non-hydrogen) atoms. The van der Waals surface area contributed by atoms with Crippen LogP contribution >= 0.6 is 0 Å². The third-order valence-electron chi connectivity index (χ3n) is 11.9. The quantitative estimate of drug-likeness (QED) is 0.151. The Hall–Kier alpha value is -9.78. The van der Waals surface area contributed by atoms with Crippen molar-refractivity contribution in [3.05, 3.63) is 194 Å². The van der Waals surface area contributed by atoms with E-state index in [0.29, 0.717) is 45.8 Å². The number of aromatic nitrogens is 10. The predicted molar refractivity (Wildman–Crippen MR) is 254 cm³/mol. The highest BCUT2D eigenvalue weighted by Crippen LogP contribution is 2.44. The molecule has 12 rings (SSSR count). The fourth-order valence-electron chi connectivity index (χ4n) is 8.99. The summed E-state index contributed by atoms with van der Waals surface area (Å²) >= 11 is 0. The van der Waals surface area contributed by atoms with Gasteiger partial charge in [-0.1, -0.05) is 18.2 Å². The van der Waals surface area contributed by atoms with Gasteiger partial charge in [-0.05, 0) is 121 Å². The monoisotopic (exact) mass is 846 g/mol. The van der Waals surface area contributed by atoms with Gasteiger partial charge in [0.15, 0.2) is 23.3 Å². The van der Waals surface area contributed by atoms with Crippen molar-refractivity contribution >= 4 is 43.6 Å². The largest absolute Gasteiger partial charge is 0.308 e. The average molecular weight is 847 g/mol. The number of nitrogens with zero attached hydrogens (tertiary/aromatic N) is 12. The minimum Gasteiger partial charge on any atom is -0.308 e. The highest BCUT2D eigenvalue weighted by atomic mass is 15.0. The fraction of sp³-hybridized carbons (Fsp3) is 0. The second-order valence-corrected chi connectivity index (χ2v) is 15.5. The first kappa shape index (κ1) is 37.9. The fourth-order valence-corrected chi connectivity index (χ4v) is 8.99. The Morgan fingerprint density at radius 1 is 0.348 bits per heavy atom. The van der Waals surface area contributed by atoms with Gasteiger partial charge in [-0.3, -0.25) is 0 Å². The highest BCUT2D eigenvalue weighted by Gasteiger charge is 2.26. The highest BCUT2D eigenvalue weighted by molar-refractivity contribution is 6.14. The normalized spacial score (nSPS) is 11.3. The van der Waals surface area contributed by atoms with Crippen LogP contribution < -0.4 is 0 Å². The lowest BCUT2D eigenvalue weighted by atomic mass is 9.97. The molecule has 0 aliphatic rings. The summed E-state index contributed by atoms with van der Waals surface area (Å²) in [6.07, 6.45) is 13.9. The van der Waals surface area contributed by atoms with Crippen LogP contribution in [0.4, 0.5) is 0 Å². The Kier molecular flexibility index (Phi) is 8.93. The van der Waals surface area contributed by atoms with E-state index in [4.69, 9.17) is 0 Å². The van der Waals surface area contributed by atoms with Crippen LogP contribution in [0.2, 0.25) is 0 Å². The molecule has 0 atom stereocenters. The van der Waals surface area contributed by atoms with Gasteiger partial charge in [0.05, 0.1) is 45.1 Å². The molecule has 12 aromatic rings. The summed E-state index contributed by atoms with van der Waals surface area (Å²) in [5, 5.41) is 25.5. The smallest absolute Gasteiger partial charge is 0.159 e. The Morgan fingerprint density at radius 3 is 1.12 bits per heavy atom. The molecule has 0 radical (unpaired) electrons. The molecular weight excluding hydrogens is 817 g/mol. The topological polar surface area (TPSA) is 161 Å². The molecule has 0 saturated heterocycles. The van der Waals surface area contributed by atoms with Crippen LogP contribution in [0.15, 0.2) is 183 Å². The second kappa shape index (κ2) is 15.5. The molecule has 6 aromatic heterocycles. The minimum absolute atomic E-state index is 0.421. The van der Waals surface area contributed by atoms with E-state index in [2.05, 4.69) is 110 Å². The van der Waals surface area contributed by atoms with Crippen LogP contribution in [0, 0.1) is 22.7 Å². The third kappa shape index (κ3) is 6.21. The van der Waals surface area contributed by atoms with E-state index in [1.54, 1.807) is 79.9 Å². The first-order valence-electron chi connectivity index (χ1n) is 21.0. The van der Waals surface area contributed by atoms with Gasteiger partial charge in [0, 0.05) is 98.9 Å². The van der Waals surface area contributed by atoms with Gasteiger partial charge >= 0.3 is 0 Å². The van der Waals surface area contributed by atoms with Crippen molar-refractivity contribution in [2.24, 2.45) is 0 Å². The van der Waals surface area contributed by atoms with Crippen molar-refractivity contribution in [1.29, 1.82) is 10.5 Å². The van der Waals surface area contributed by atoms with Gasteiger partial charge in [-0.2, -0.15) is 10.5 Å². The van der Waals surface area contributed by atoms with Gasteiger partial charge in [-0.25, -0.2) is 39.9 Å². The Balaban J connectivity index is 1.19. The minimum atomic E-state index is 0.421. The summed E-state index contributed by atoms with van der Waals surface area (Å²) in [4.78, 5) is 36.5. The summed E-state index contributed by atoms with van der Waals surface area (Å²) in [6.45, 7) is 0. The maximum absolute atomic E-state index is 11.7. The maximum Gasteiger partial charge on any atom is 0.159 e. The molecule has 0 unspecified atom stereocenters. The van der Waals surface area contributed by atoms with Crippen molar-refractivity contribution in [3.8, 4) is 80.2 Å². The molecule has 6 aromatic carbocycles. The van der Waals surface area contributed by atoms with Crippen LogP contribution in [0.3, 0.4) is 0 Å². The van der Waals surface area contributed by atoms with Crippen molar-refractivity contribution in [2.45, 2.75) is 0 Å². The second-order valence-electron chi connectivity index (χ2n) is 15.5. The van der Waals surface area contributed by atoms with Crippen molar-refractivity contribution in [1.82, 2.24) is 49.0 Å². The lowest BCUT2D eigenvalue weighted by molar-refractivity contribution is 1.12. The van der Waals surface area contributed by atoms with Crippen LogP contribution in [0.25, 0.3) is 112 Å². The third-order valence-corrected chi connectivity index (χ3v) is 11.9. The van der Waals surface area contributed by atoms with E-state index in [0.717, 1.165) is 77.0 Å². The molecule has 0 aliphatic heterocycles. The zero-order chi connectivity index (χ0) is 44.1. The number of benzene rings is 6. The molecule has 12 nitrogen and oxygen atoms in total. The Morgan fingerprint density at radius 2 is 0.742 bits per heavy atom. The molecule has 306 valence electrons. The molecule has 6 heterocycles. The molecule has 0 saturated carbocycles. The number of rotatable bonds is 7. The summed E-state index contributed by atoms with van der Waals surface area (Å²) < 4.78 is 4.31. The van der Waals surface area contributed by atoms with E-state index in [1.165, 1.54) is 0 Å². The van der Waals surface area contributed by atoms with Gasteiger partial charge in [0.1, 0.15) is 11.6 Å². The van der Waals surface area contributed by atoms with Crippen LogP contribution in [-0.4, -0.2) is 49.0 Å². The lowest BCUT2D eigenvalue weighted by Crippen LogP contribution is -2.06. The summed E-state index contributed by atoms with van der Waals surface area (Å²) in [5.74, 6) is 2.38. The summed E-state index contributed by atoms with van der Waals surface area (Å²) in [5.41, 5.74) is 10.6. The van der Waals surface area contributed by atoms with Crippen LogP contribution in [-0.2, 0) is 0 Å². The molecule has 12 heteroatoms. The van der Waals surface area contributed by atoms with Gasteiger partial charge in [0.25, 0.3) is 0 Å². The van der Waals surface area contributed by atoms with Crippen molar-refractivity contribution in [3.63, 3.8) is 0 Å². The number of hydrogen-bond acceptors (Lipinski definition) is 10. The van der Waals surface area contributed by atoms with E-state index in [-0.39, 0.29) is 0 Å². The van der Waals surface area contributed by atoms with Gasteiger partial charge in [-0.15, -0.1) is 0 Å². The van der Waals surface area contributed by atoms with Gasteiger partial charge in [0.2, 0.25) is 0 Å².